The fraction of sp³-hybridized carbons (Fsp3) is 0.658. The first-order valence-electron chi connectivity index (χ1n) is 32.7. The number of rotatable bonds is 58. The Morgan fingerprint density at radius 3 is 0.709 bits per heavy atom. The van der Waals surface area contributed by atoms with Crippen molar-refractivity contribution in [1.29, 1.82) is 0 Å². The quantitative estimate of drug-likeness (QED) is 0.0261. The van der Waals surface area contributed by atoms with Gasteiger partial charge in [0.25, 0.3) is 0 Å². The first kappa shape index (κ1) is 74.5. The lowest BCUT2D eigenvalue weighted by Gasteiger charge is -2.18. The summed E-state index contributed by atoms with van der Waals surface area (Å²) in [7, 11) is 0. The van der Waals surface area contributed by atoms with E-state index in [1.165, 1.54) is 103 Å². The Morgan fingerprint density at radius 1 is 0.253 bits per heavy atom. The molecule has 0 saturated heterocycles. The summed E-state index contributed by atoms with van der Waals surface area (Å²) in [5.41, 5.74) is 0. The predicted molar refractivity (Wildman–Crippen MR) is 343 cm³/mol. The second kappa shape index (κ2) is 66.1. The zero-order valence-electron chi connectivity index (χ0n) is 51.3. The zero-order chi connectivity index (χ0) is 57.1. The SMILES string of the molecule is CC/C=C\C/C=C\C/C=C\C/C=C\CCCCCCCCCCCCCCCCC(=O)OCC(COC(=O)CCCCCCCCC/C=C\C/C=C\C/C=C\CC)OC(=O)CCCCCC/C=C\C/C=C\C/C=C\C/C=C\CC. The normalized spacial score (nSPS) is 13.0. The van der Waals surface area contributed by atoms with Crippen LogP contribution in [0.5, 0.6) is 0 Å². The fourth-order valence-electron chi connectivity index (χ4n) is 8.85. The fourth-order valence-corrected chi connectivity index (χ4v) is 8.85. The Balaban J connectivity index is 4.36. The standard InChI is InChI=1S/C73H120O6/c1-4-7-10-13-16-19-22-25-28-31-32-33-34-35-36-37-38-39-40-43-45-48-51-54-57-60-63-66-72(75)78-69-70(79-73(76)67-64-61-58-55-52-49-46-42-30-27-24-21-18-15-12-9-6-3)68-77-71(74)65-62-59-56-53-50-47-44-41-29-26-23-20-17-14-11-8-5-2/h7-12,16-21,25-30,32-33,46,49,70H,4-6,13-15,22-24,31,34-45,47-48,50-69H2,1-3H3/b10-7-,11-8-,12-9-,19-16-,20-17-,21-18-,28-25-,29-26-,30-27-,33-32-,49-46-. The van der Waals surface area contributed by atoms with Gasteiger partial charge in [0.2, 0.25) is 0 Å². The van der Waals surface area contributed by atoms with Crippen molar-refractivity contribution in [3.63, 3.8) is 0 Å². The molecule has 0 N–H and O–H groups in total. The molecule has 0 radical (unpaired) electrons. The highest BCUT2D eigenvalue weighted by Gasteiger charge is 2.19. The maximum Gasteiger partial charge on any atom is 0.306 e. The van der Waals surface area contributed by atoms with Gasteiger partial charge in [0.05, 0.1) is 0 Å². The molecule has 1 atom stereocenters. The van der Waals surface area contributed by atoms with Gasteiger partial charge in [-0.3, -0.25) is 14.4 Å². The summed E-state index contributed by atoms with van der Waals surface area (Å²) in [4.78, 5) is 38.4. The number of allylic oxidation sites excluding steroid dienone is 22. The third kappa shape index (κ3) is 64.3. The summed E-state index contributed by atoms with van der Waals surface area (Å²) in [6.07, 6.45) is 93.2. The summed E-state index contributed by atoms with van der Waals surface area (Å²) in [5, 5.41) is 0. The number of hydrogen-bond acceptors (Lipinski definition) is 6. The Morgan fingerprint density at radius 2 is 0.456 bits per heavy atom. The van der Waals surface area contributed by atoms with Crippen molar-refractivity contribution in [2.45, 2.75) is 297 Å². The Bertz CT molecular complexity index is 1680. The van der Waals surface area contributed by atoms with E-state index in [0.29, 0.717) is 19.3 Å². The predicted octanol–water partition coefficient (Wildman–Crippen LogP) is 22.5. The van der Waals surface area contributed by atoms with E-state index in [2.05, 4.69) is 154 Å². The maximum atomic E-state index is 12.9. The van der Waals surface area contributed by atoms with Crippen LogP contribution in [0.3, 0.4) is 0 Å². The Labute approximate surface area is 487 Å². The smallest absolute Gasteiger partial charge is 0.306 e. The Kier molecular flexibility index (Phi) is 62.3. The summed E-state index contributed by atoms with van der Waals surface area (Å²) in [6.45, 7) is 6.29. The highest BCUT2D eigenvalue weighted by Crippen LogP contribution is 2.16. The monoisotopic (exact) mass is 1090 g/mol. The van der Waals surface area contributed by atoms with Crippen molar-refractivity contribution in [3.8, 4) is 0 Å². The van der Waals surface area contributed by atoms with E-state index in [1.54, 1.807) is 0 Å². The van der Waals surface area contributed by atoms with Crippen LogP contribution in [0.4, 0.5) is 0 Å². The molecular weight excluding hydrogens is 973 g/mol. The number of esters is 3. The molecule has 0 rings (SSSR count). The van der Waals surface area contributed by atoms with E-state index in [1.807, 2.05) is 0 Å². The maximum absolute atomic E-state index is 12.9. The van der Waals surface area contributed by atoms with Crippen LogP contribution in [0.15, 0.2) is 134 Å². The minimum atomic E-state index is -0.801. The van der Waals surface area contributed by atoms with Gasteiger partial charge in [-0.15, -0.1) is 0 Å². The van der Waals surface area contributed by atoms with Crippen LogP contribution in [0.1, 0.15) is 290 Å². The van der Waals surface area contributed by atoms with Gasteiger partial charge in [-0.25, -0.2) is 0 Å². The third-order valence-electron chi connectivity index (χ3n) is 13.6. The van der Waals surface area contributed by atoms with E-state index in [9.17, 15) is 14.4 Å². The minimum absolute atomic E-state index is 0.0941. The van der Waals surface area contributed by atoms with Crippen molar-refractivity contribution in [2.24, 2.45) is 0 Å². The average molecular weight is 1090 g/mol. The van der Waals surface area contributed by atoms with Crippen LogP contribution in [-0.2, 0) is 28.6 Å². The molecule has 0 aromatic carbocycles. The van der Waals surface area contributed by atoms with Crippen LogP contribution in [0.2, 0.25) is 0 Å². The molecule has 0 aliphatic carbocycles. The molecule has 6 nitrogen and oxygen atoms in total. The molecule has 0 fully saturated rings. The van der Waals surface area contributed by atoms with Crippen molar-refractivity contribution in [1.82, 2.24) is 0 Å². The van der Waals surface area contributed by atoms with Gasteiger partial charge in [-0.1, -0.05) is 276 Å². The first-order chi connectivity index (χ1) is 39.0. The molecule has 0 amide bonds. The van der Waals surface area contributed by atoms with Gasteiger partial charge in [0.15, 0.2) is 6.10 Å². The van der Waals surface area contributed by atoms with Crippen LogP contribution in [0.25, 0.3) is 0 Å². The lowest BCUT2D eigenvalue weighted by Crippen LogP contribution is -2.30. The molecule has 6 heteroatoms. The highest BCUT2D eigenvalue weighted by molar-refractivity contribution is 5.71. The summed E-state index contributed by atoms with van der Waals surface area (Å²) in [5.74, 6) is -0.924. The summed E-state index contributed by atoms with van der Waals surface area (Å²) >= 11 is 0. The molecule has 0 bridgehead atoms. The van der Waals surface area contributed by atoms with Gasteiger partial charge < -0.3 is 14.2 Å². The molecule has 1 unspecified atom stereocenters. The number of carbonyl (C=O) groups is 3. The first-order valence-corrected chi connectivity index (χ1v) is 32.7. The van der Waals surface area contributed by atoms with Crippen LogP contribution in [0, 0.1) is 0 Å². The minimum Gasteiger partial charge on any atom is -0.462 e. The van der Waals surface area contributed by atoms with Gasteiger partial charge in [0.1, 0.15) is 13.2 Å². The summed E-state index contributed by atoms with van der Waals surface area (Å²) in [6, 6.07) is 0. The van der Waals surface area contributed by atoms with Crippen molar-refractivity contribution < 1.29 is 28.6 Å². The van der Waals surface area contributed by atoms with Gasteiger partial charge in [-0.05, 0) is 128 Å². The molecule has 79 heavy (non-hydrogen) atoms. The topological polar surface area (TPSA) is 78.9 Å². The zero-order valence-corrected chi connectivity index (χ0v) is 51.3. The molecule has 0 aliphatic heterocycles. The number of carbonyl (C=O) groups excluding carboxylic acids is 3. The second-order valence-corrected chi connectivity index (χ2v) is 21.2. The van der Waals surface area contributed by atoms with E-state index in [4.69, 9.17) is 14.2 Å². The van der Waals surface area contributed by atoms with Crippen molar-refractivity contribution in [2.75, 3.05) is 13.2 Å². The number of hydrogen-bond donors (Lipinski definition) is 0. The van der Waals surface area contributed by atoms with Gasteiger partial charge >= 0.3 is 17.9 Å². The lowest BCUT2D eigenvalue weighted by atomic mass is 10.0. The molecule has 0 aromatic heterocycles. The van der Waals surface area contributed by atoms with E-state index < -0.39 is 6.10 Å². The largest absolute Gasteiger partial charge is 0.462 e. The van der Waals surface area contributed by atoms with Crippen LogP contribution >= 0.6 is 0 Å². The van der Waals surface area contributed by atoms with Gasteiger partial charge in [-0.2, -0.15) is 0 Å². The number of ether oxygens (including phenoxy) is 3. The molecule has 0 spiro atoms. The molecule has 0 aromatic rings. The molecular formula is C73H120O6. The number of unbranched alkanes of at least 4 members (excludes halogenated alkanes) is 25. The van der Waals surface area contributed by atoms with E-state index >= 15 is 0 Å². The van der Waals surface area contributed by atoms with Crippen molar-refractivity contribution >= 4 is 17.9 Å². The average Bonchev–Trinajstić information content (AvgIpc) is 3.45. The lowest BCUT2D eigenvalue weighted by molar-refractivity contribution is -0.167. The highest BCUT2D eigenvalue weighted by atomic mass is 16.6. The van der Waals surface area contributed by atoms with E-state index in [-0.39, 0.29) is 31.1 Å². The molecule has 448 valence electrons. The third-order valence-corrected chi connectivity index (χ3v) is 13.6. The van der Waals surface area contributed by atoms with Crippen molar-refractivity contribution in [3.05, 3.63) is 134 Å². The molecule has 0 aliphatic rings. The summed E-state index contributed by atoms with van der Waals surface area (Å²) < 4.78 is 16.9. The van der Waals surface area contributed by atoms with Crippen LogP contribution in [-0.4, -0.2) is 37.2 Å². The van der Waals surface area contributed by atoms with Crippen LogP contribution < -0.4 is 0 Å². The molecule has 0 saturated carbocycles. The second-order valence-electron chi connectivity index (χ2n) is 21.2. The Hall–Kier alpha value is -4.45. The van der Waals surface area contributed by atoms with Gasteiger partial charge in [0, 0.05) is 19.3 Å². The molecule has 0 heterocycles. The van der Waals surface area contributed by atoms with E-state index in [0.717, 1.165) is 148 Å².